The van der Waals surface area contributed by atoms with Crippen molar-refractivity contribution in [3.05, 3.63) is 55.3 Å². The Hall–Kier alpha value is -3.22. The molecule has 0 bridgehead atoms. The molecule has 132 valence electrons. The van der Waals surface area contributed by atoms with E-state index in [0.29, 0.717) is 5.95 Å². The van der Waals surface area contributed by atoms with Crippen LogP contribution in [0.5, 0.6) is 0 Å². The molecule has 0 atom stereocenters. The molecule has 7 heteroatoms. The first-order valence-corrected chi connectivity index (χ1v) is 8.32. The molecule has 0 unspecified atom stereocenters. The Morgan fingerprint density at radius 2 is 2.08 bits per heavy atom. The molecule has 6 nitrogen and oxygen atoms in total. The maximum Gasteiger partial charge on any atom is 0.241 e. The minimum Gasteiger partial charge on any atom is -0.350 e. The zero-order valence-electron chi connectivity index (χ0n) is 14.6. The van der Waals surface area contributed by atoms with Crippen LogP contribution in [0.1, 0.15) is 19.5 Å². The molecule has 0 saturated heterocycles. The van der Waals surface area contributed by atoms with Gasteiger partial charge in [-0.1, -0.05) is 6.58 Å². The van der Waals surface area contributed by atoms with Crippen molar-refractivity contribution in [2.24, 2.45) is 0 Å². The molecule has 0 amide bonds. The third-order valence-corrected chi connectivity index (χ3v) is 4.14. The van der Waals surface area contributed by atoms with E-state index in [1.807, 2.05) is 35.0 Å². The molecule has 1 N–H and O–H groups in total. The van der Waals surface area contributed by atoms with Crippen LogP contribution in [0.2, 0.25) is 0 Å². The predicted molar refractivity (Wildman–Crippen MR) is 101 cm³/mol. The SMILES string of the molecule is C=Cc1cnc2ccc(-c3ccn4nc(NCC(C)(C)F)ncc34)cn12. The van der Waals surface area contributed by atoms with Gasteiger partial charge in [-0.05, 0) is 38.1 Å². The van der Waals surface area contributed by atoms with Crippen molar-refractivity contribution >= 4 is 23.2 Å². The summed E-state index contributed by atoms with van der Waals surface area (Å²) in [5.74, 6) is 0.393. The highest BCUT2D eigenvalue weighted by Crippen LogP contribution is 2.26. The summed E-state index contributed by atoms with van der Waals surface area (Å²) in [6, 6.07) is 5.97. The maximum absolute atomic E-state index is 13.6. The Labute approximate surface area is 150 Å². The minimum absolute atomic E-state index is 0.147. The van der Waals surface area contributed by atoms with Crippen LogP contribution in [-0.2, 0) is 0 Å². The lowest BCUT2D eigenvalue weighted by atomic mass is 10.1. The number of hydrogen-bond donors (Lipinski definition) is 1. The van der Waals surface area contributed by atoms with Crippen molar-refractivity contribution in [2.75, 3.05) is 11.9 Å². The fraction of sp³-hybridized carbons (Fsp3) is 0.211. The largest absolute Gasteiger partial charge is 0.350 e. The van der Waals surface area contributed by atoms with E-state index in [9.17, 15) is 4.39 Å². The monoisotopic (exact) mass is 350 g/mol. The highest BCUT2D eigenvalue weighted by molar-refractivity contribution is 5.80. The molecule has 26 heavy (non-hydrogen) atoms. The molecule has 0 fully saturated rings. The zero-order valence-corrected chi connectivity index (χ0v) is 14.6. The summed E-state index contributed by atoms with van der Waals surface area (Å²) in [4.78, 5) is 8.66. The van der Waals surface area contributed by atoms with Gasteiger partial charge in [0.05, 0.1) is 30.1 Å². The highest BCUT2D eigenvalue weighted by atomic mass is 19.1. The summed E-state index contributed by atoms with van der Waals surface area (Å²) >= 11 is 0. The van der Waals surface area contributed by atoms with E-state index in [1.165, 1.54) is 13.8 Å². The Morgan fingerprint density at radius 3 is 2.85 bits per heavy atom. The van der Waals surface area contributed by atoms with Crippen molar-refractivity contribution in [1.82, 2.24) is 24.0 Å². The van der Waals surface area contributed by atoms with Gasteiger partial charge in [-0.25, -0.2) is 18.9 Å². The standard InChI is InChI=1S/C19H19FN6/c1-4-14-9-21-17-6-5-13(11-25(14)17)15-7-8-26-16(15)10-22-18(24-26)23-12-19(2,3)20/h4-11H,1,12H2,2-3H3,(H,23,24). The predicted octanol–water partition coefficient (Wildman–Crippen LogP) is 3.85. The van der Waals surface area contributed by atoms with Gasteiger partial charge >= 0.3 is 0 Å². The molecule has 0 saturated carbocycles. The first-order valence-electron chi connectivity index (χ1n) is 8.32. The average molecular weight is 350 g/mol. The first kappa shape index (κ1) is 16.3. The molecule has 0 aliphatic heterocycles. The number of hydrogen-bond acceptors (Lipinski definition) is 4. The topological polar surface area (TPSA) is 59.5 Å². The van der Waals surface area contributed by atoms with E-state index < -0.39 is 5.67 Å². The third kappa shape index (κ3) is 2.92. The smallest absolute Gasteiger partial charge is 0.241 e. The van der Waals surface area contributed by atoms with Gasteiger partial charge in [-0.2, -0.15) is 0 Å². The molecule has 0 spiro atoms. The molecule has 4 aromatic heterocycles. The van der Waals surface area contributed by atoms with E-state index in [2.05, 4.69) is 27.0 Å². The number of anilines is 1. The summed E-state index contributed by atoms with van der Waals surface area (Å²) in [5, 5.41) is 7.32. The molecule has 4 heterocycles. The summed E-state index contributed by atoms with van der Waals surface area (Å²) in [5.41, 5.74) is 3.37. The van der Waals surface area contributed by atoms with E-state index >= 15 is 0 Å². The Bertz CT molecular complexity index is 1100. The van der Waals surface area contributed by atoms with Gasteiger partial charge in [0.2, 0.25) is 5.95 Å². The summed E-state index contributed by atoms with van der Waals surface area (Å²) in [6.45, 7) is 6.99. The first-order chi connectivity index (χ1) is 12.4. The van der Waals surface area contributed by atoms with Crippen LogP contribution in [0.25, 0.3) is 28.4 Å². The lowest BCUT2D eigenvalue weighted by Crippen LogP contribution is -2.25. The van der Waals surface area contributed by atoms with E-state index in [-0.39, 0.29) is 6.54 Å². The molecule has 0 aliphatic rings. The van der Waals surface area contributed by atoms with E-state index in [4.69, 9.17) is 0 Å². The van der Waals surface area contributed by atoms with Crippen LogP contribution in [0.3, 0.4) is 0 Å². The molecule has 0 aromatic carbocycles. The minimum atomic E-state index is -1.33. The van der Waals surface area contributed by atoms with Crippen molar-refractivity contribution < 1.29 is 4.39 Å². The molecular formula is C19H19FN6. The lowest BCUT2D eigenvalue weighted by molar-refractivity contribution is 0.234. The third-order valence-electron chi connectivity index (χ3n) is 4.14. The summed E-state index contributed by atoms with van der Waals surface area (Å²) in [7, 11) is 0. The van der Waals surface area contributed by atoms with Crippen molar-refractivity contribution in [2.45, 2.75) is 19.5 Å². The molecule has 4 rings (SSSR count). The van der Waals surface area contributed by atoms with Crippen molar-refractivity contribution in [1.29, 1.82) is 0 Å². The van der Waals surface area contributed by atoms with Crippen LogP contribution >= 0.6 is 0 Å². The van der Waals surface area contributed by atoms with Crippen molar-refractivity contribution in [3.8, 4) is 11.1 Å². The number of nitrogens with zero attached hydrogens (tertiary/aromatic N) is 5. The van der Waals surface area contributed by atoms with Crippen LogP contribution in [0, 0.1) is 0 Å². The molecule has 0 aliphatic carbocycles. The number of aromatic nitrogens is 5. The maximum atomic E-state index is 13.6. The second-order valence-corrected chi connectivity index (χ2v) is 6.75. The van der Waals surface area contributed by atoms with E-state index in [1.54, 1.807) is 23.0 Å². The van der Waals surface area contributed by atoms with Gasteiger partial charge in [-0.3, -0.25) is 4.40 Å². The summed E-state index contributed by atoms with van der Waals surface area (Å²) < 4.78 is 17.4. The lowest BCUT2D eigenvalue weighted by Gasteiger charge is -2.14. The van der Waals surface area contributed by atoms with Gasteiger partial charge in [0.25, 0.3) is 0 Å². The van der Waals surface area contributed by atoms with Crippen LogP contribution < -0.4 is 5.32 Å². The number of fused-ring (bicyclic) bond motifs is 2. The average Bonchev–Trinajstić information content (AvgIpc) is 3.22. The molecule has 4 aromatic rings. The Balaban J connectivity index is 1.72. The second kappa shape index (κ2) is 5.94. The number of alkyl halides is 1. The van der Waals surface area contributed by atoms with Gasteiger partial charge in [0.1, 0.15) is 11.3 Å². The van der Waals surface area contributed by atoms with E-state index in [0.717, 1.165) is 28.0 Å². The van der Waals surface area contributed by atoms with Crippen molar-refractivity contribution in [3.63, 3.8) is 0 Å². The molecular weight excluding hydrogens is 331 g/mol. The van der Waals surface area contributed by atoms with Gasteiger partial charge < -0.3 is 5.32 Å². The fourth-order valence-electron chi connectivity index (χ4n) is 2.82. The van der Waals surface area contributed by atoms with Crippen LogP contribution in [-0.4, -0.2) is 36.2 Å². The van der Waals surface area contributed by atoms with Gasteiger partial charge in [0, 0.05) is 23.5 Å². The molecule has 0 radical (unpaired) electrons. The number of nitrogens with one attached hydrogen (secondary N) is 1. The Kier molecular flexibility index (Phi) is 3.72. The highest BCUT2D eigenvalue weighted by Gasteiger charge is 2.16. The normalized spacial score (nSPS) is 12.0. The van der Waals surface area contributed by atoms with Crippen LogP contribution in [0.4, 0.5) is 10.3 Å². The fourth-order valence-corrected chi connectivity index (χ4v) is 2.82. The Morgan fingerprint density at radius 1 is 1.23 bits per heavy atom. The number of imidazole rings is 1. The number of halogens is 1. The quantitative estimate of drug-likeness (QED) is 0.594. The zero-order chi connectivity index (χ0) is 18.3. The van der Waals surface area contributed by atoms with Gasteiger partial charge in [-0.15, -0.1) is 5.10 Å². The van der Waals surface area contributed by atoms with Gasteiger partial charge in [0.15, 0.2) is 0 Å². The summed E-state index contributed by atoms with van der Waals surface area (Å²) in [6.07, 6.45) is 9.19. The number of rotatable bonds is 5. The second-order valence-electron chi connectivity index (χ2n) is 6.75. The van der Waals surface area contributed by atoms with Crippen LogP contribution in [0.15, 0.2) is 49.6 Å². The number of pyridine rings is 1.